The molecule has 3 atom stereocenters. The molecule has 0 amide bonds. The van der Waals surface area contributed by atoms with Gasteiger partial charge < -0.3 is 5.11 Å². The average Bonchev–Trinajstić information content (AvgIpc) is 2.26. The molecule has 1 aromatic rings. The summed E-state index contributed by atoms with van der Waals surface area (Å²) in [6, 6.07) is 4.64. The molecule has 1 aromatic carbocycles. The Morgan fingerprint density at radius 3 is 2.67 bits per heavy atom. The molecule has 2 rings (SSSR count). The predicted octanol–water partition coefficient (Wildman–Crippen LogP) is 4.16. The minimum absolute atomic E-state index is 0.239. The fourth-order valence-corrected chi connectivity index (χ4v) is 3.06. The minimum Gasteiger partial charge on any atom is -0.388 e. The van der Waals surface area contributed by atoms with Crippen molar-refractivity contribution in [1.29, 1.82) is 0 Å². The molecule has 3 unspecified atom stereocenters. The van der Waals surface area contributed by atoms with Crippen molar-refractivity contribution >= 4 is 0 Å². The Bertz CT molecular complexity index is 464. The average molecular weight is 248 g/mol. The van der Waals surface area contributed by atoms with E-state index in [9.17, 15) is 9.50 Å². The van der Waals surface area contributed by atoms with Crippen molar-refractivity contribution in [1.82, 2.24) is 0 Å². The van der Waals surface area contributed by atoms with Crippen molar-refractivity contribution in [2.75, 3.05) is 0 Å². The molecule has 18 heavy (non-hydrogen) atoms. The maximum atomic E-state index is 13.1. The number of aliphatic hydroxyl groups is 1. The zero-order chi connectivity index (χ0) is 13.3. The van der Waals surface area contributed by atoms with Crippen LogP contribution in [0.2, 0.25) is 0 Å². The number of hydrogen-bond acceptors (Lipinski definition) is 1. The zero-order valence-electron chi connectivity index (χ0n) is 11.3. The van der Waals surface area contributed by atoms with E-state index in [4.69, 9.17) is 0 Å². The highest BCUT2D eigenvalue weighted by molar-refractivity contribution is 5.29. The summed E-state index contributed by atoms with van der Waals surface area (Å²) < 4.78 is 13.1. The van der Waals surface area contributed by atoms with Gasteiger partial charge in [0, 0.05) is 0 Å². The fraction of sp³-hybridized carbons (Fsp3) is 0.500. The van der Waals surface area contributed by atoms with Gasteiger partial charge in [-0.1, -0.05) is 24.6 Å². The number of halogens is 1. The first-order chi connectivity index (χ1) is 8.47. The molecule has 1 aliphatic carbocycles. The topological polar surface area (TPSA) is 20.2 Å². The first-order valence-electron chi connectivity index (χ1n) is 6.58. The lowest BCUT2D eigenvalue weighted by molar-refractivity contribution is 0.0926. The van der Waals surface area contributed by atoms with Gasteiger partial charge in [0.15, 0.2) is 0 Å². The number of benzene rings is 1. The highest BCUT2D eigenvalue weighted by Gasteiger charge is 2.26. The van der Waals surface area contributed by atoms with Crippen molar-refractivity contribution in [2.24, 2.45) is 11.8 Å². The maximum absolute atomic E-state index is 13.1. The second kappa shape index (κ2) is 5.23. The molecule has 0 saturated heterocycles. The summed E-state index contributed by atoms with van der Waals surface area (Å²) in [5.41, 5.74) is 3.04. The Labute approximate surface area is 108 Å². The molecule has 1 aliphatic rings. The van der Waals surface area contributed by atoms with Crippen LogP contribution in [0.3, 0.4) is 0 Å². The lowest BCUT2D eigenvalue weighted by Crippen LogP contribution is -2.20. The van der Waals surface area contributed by atoms with Gasteiger partial charge in [-0.25, -0.2) is 4.39 Å². The molecular formula is C16H21FO. The summed E-state index contributed by atoms with van der Waals surface area (Å²) in [6.07, 6.45) is 3.72. The summed E-state index contributed by atoms with van der Waals surface area (Å²) >= 11 is 0. The molecule has 1 nitrogen and oxygen atoms in total. The molecule has 0 radical (unpaired) electrons. The third-order valence-corrected chi connectivity index (χ3v) is 3.82. The molecule has 0 aliphatic heterocycles. The number of aryl methyl sites for hydroxylation is 1. The van der Waals surface area contributed by atoms with E-state index in [0.717, 1.165) is 24.0 Å². The van der Waals surface area contributed by atoms with E-state index in [1.807, 2.05) is 6.92 Å². The summed E-state index contributed by atoms with van der Waals surface area (Å²) in [5, 5.41) is 10.5. The third kappa shape index (κ3) is 2.81. The molecule has 98 valence electrons. The highest BCUT2D eigenvalue weighted by Crippen LogP contribution is 2.37. The Balaban J connectivity index is 2.21. The van der Waals surface area contributed by atoms with Crippen LogP contribution in [0.1, 0.15) is 43.9 Å². The molecule has 0 spiro atoms. The summed E-state index contributed by atoms with van der Waals surface area (Å²) in [6.45, 7) is 6.16. The maximum Gasteiger partial charge on any atom is 0.123 e. The molecule has 2 heteroatoms. The first kappa shape index (κ1) is 13.3. The zero-order valence-corrected chi connectivity index (χ0v) is 11.3. The molecule has 0 aromatic heterocycles. The van der Waals surface area contributed by atoms with E-state index in [1.165, 1.54) is 17.7 Å². The van der Waals surface area contributed by atoms with E-state index in [1.54, 1.807) is 6.07 Å². The minimum atomic E-state index is -0.489. The van der Waals surface area contributed by atoms with Crippen LogP contribution < -0.4 is 0 Å². The van der Waals surface area contributed by atoms with Crippen molar-refractivity contribution in [3.05, 3.63) is 46.8 Å². The van der Waals surface area contributed by atoms with E-state index >= 15 is 0 Å². The SMILES string of the molecule is CC1=CC(C)CC(C(O)c2ccc(F)cc2C)C1. The van der Waals surface area contributed by atoms with Gasteiger partial charge in [0.25, 0.3) is 0 Å². The fourth-order valence-electron chi connectivity index (χ4n) is 3.06. The van der Waals surface area contributed by atoms with Gasteiger partial charge in [0.2, 0.25) is 0 Å². The normalized spacial score (nSPS) is 25.7. The summed E-state index contributed by atoms with van der Waals surface area (Å²) in [4.78, 5) is 0. The van der Waals surface area contributed by atoms with Crippen LogP contribution in [0.5, 0.6) is 0 Å². The van der Waals surface area contributed by atoms with E-state index in [0.29, 0.717) is 5.92 Å². The number of hydrogen-bond donors (Lipinski definition) is 1. The Hall–Kier alpha value is -1.15. The second-order valence-corrected chi connectivity index (χ2v) is 5.64. The number of allylic oxidation sites excluding steroid dienone is 2. The van der Waals surface area contributed by atoms with Crippen LogP contribution in [0.4, 0.5) is 4.39 Å². The molecule has 1 N–H and O–H groups in total. The quantitative estimate of drug-likeness (QED) is 0.779. The third-order valence-electron chi connectivity index (χ3n) is 3.82. The van der Waals surface area contributed by atoms with Crippen LogP contribution in [0.15, 0.2) is 29.8 Å². The molecule has 0 fully saturated rings. The van der Waals surface area contributed by atoms with Gasteiger partial charge in [0.1, 0.15) is 5.82 Å². The van der Waals surface area contributed by atoms with Gasteiger partial charge in [-0.15, -0.1) is 0 Å². The van der Waals surface area contributed by atoms with Gasteiger partial charge in [-0.3, -0.25) is 0 Å². The predicted molar refractivity (Wildman–Crippen MR) is 71.7 cm³/mol. The molecule has 0 saturated carbocycles. The van der Waals surface area contributed by atoms with Gasteiger partial charge in [-0.2, -0.15) is 0 Å². The molecular weight excluding hydrogens is 227 g/mol. The molecule has 0 heterocycles. The Kier molecular flexibility index (Phi) is 3.86. The highest BCUT2D eigenvalue weighted by atomic mass is 19.1. The van der Waals surface area contributed by atoms with E-state index in [-0.39, 0.29) is 11.7 Å². The smallest absolute Gasteiger partial charge is 0.123 e. The second-order valence-electron chi connectivity index (χ2n) is 5.64. The van der Waals surface area contributed by atoms with Crippen molar-refractivity contribution in [3.8, 4) is 0 Å². The van der Waals surface area contributed by atoms with Crippen molar-refractivity contribution in [3.63, 3.8) is 0 Å². The number of rotatable bonds is 2. The first-order valence-corrected chi connectivity index (χ1v) is 6.58. The van der Waals surface area contributed by atoms with Crippen LogP contribution in [-0.2, 0) is 0 Å². The largest absolute Gasteiger partial charge is 0.388 e. The Morgan fingerprint density at radius 1 is 1.33 bits per heavy atom. The Morgan fingerprint density at radius 2 is 2.06 bits per heavy atom. The van der Waals surface area contributed by atoms with Crippen LogP contribution in [0.25, 0.3) is 0 Å². The van der Waals surface area contributed by atoms with E-state index < -0.39 is 6.10 Å². The van der Waals surface area contributed by atoms with Gasteiger partial charge in [-0.05, 0) is 61.8 Å². The summed E-state index contributed by atoms with van der Waals surface area (Å²) in [5.74, 6) is 0.518. The lowest BCUT2D eigenvalue weighted by atomic mass is 9.78. The standard InChI is InChI=1S/C16H21FO/c1-10-6-11(2)8-13(7-10)16(18)15-5-4-14(17)9-12(15)3/h4-6,9-10,13,16,18H,7-8H2,1-3H3. The molecule has 0 bridgehead atoms. The van der Waals surface area contributed by atoms with E-state index in [2.05, 4.69) is 19.9 Å². The van der Waals surface area contributed by atoms with Crippen molar-refractivity contribution in [2.45, 2.75) is 39.7 Å². The number of aliphatic hydroxyl groups excluding tert-OH is 1. The van der Waals surface area contributed by atoms with Crippen LogP contribution >= 0.6 is 0 Å². The van der Waals surface area contributed by atoms with Crippen molar-refractivity contribution < 1.29 is 9.50 Å². The van der Waals surface area contributed by atoms with Crippen LogP contribution in [-0.4, -0.2) is 5.11 Å². The van der Waals surface area contributed by atoms with Crippen LogP contribution in [0, 0.1) is 24.6 Å². The van der Waals surface area contributed by atoms with Gasteiger partial charge >= 0.3 is 0 Å². The van der Waals surface area contributed by atoms with Gasteiger partial charge in [0.05, 0.1) is 6.10 Å². The monoisotopic (exact) mass is 248 g/mol. The summed E-state index contributed by atoms with van der Waals surface area (Å²) in [7, 11) is 0. The lowest BCUT2D eigenvalue weighted by Gasteiger charge is -2.30.